The fourth-order valence-electron chi connectivity index (χ4n) is 1.41. The average Bonchev–Trinajstić information content (AvgIpc) is 2.99. The monoisotopic (exact) mass is 286 g/mol. The molecule has 0 fully saturated rings. The standard InChI is InChI=1S/C10H14N4O2S2/c15-7(13-9-11-3-5-17-9)1-2-8(16)14-10-12-4-6-18-10/h1-6H2,(H,11,13,15)(H,12,14,16). The first-order valence-corrected chi connectivity index (χ1v) is 7.65. The molecule has 2 rings (SSSR count). The third-order valence-corrected chi connectivity index (χ3v) is 4.03. The molecule has 0 aromatic rings. The van der Waals surface area contributed by atoms with Gasteiger partial charge in [-0.25, -0.2) is 0 Å². The number of carbonyl (C=O) groups is 2. The maximum atomic E-state index is 11.5. The van der Waals surface area contributed by atoms with Crippen LogP contribution in [0.5, 0.6) is 0 Å². The first-order chi connectivity index (χ1) is 8.74. The van der Waals surface area contributed by atoms with E-state index in [-0.39, 0.29) is 24.7 Å². The summed E-state index contributed by atoms with van der Waals surface area (Å²) in [6.07, 6.45) is 0.340. The Morgan fingerprint density at radius 3 is 1.72 bits per heavy atom. The van der Waals surface area contributed by atoms with E-state index in [1.54, 1.807) is 0 Å². The molecule has 0 saturated heterocycles. The number of amides is 2. The SMILES string of the molecule is O=C(CCC(=O)NC1=NCCS1)NC1=NCCS1. The molecule has 0 aromatic heterocycles. The molecule has 2 amide bonds. The van der Waals surface area contributed by atoms with Gasteiger partial charge in [-0.3, -0.25) is 19.6 Å². The zero-order valence-corrected chi connectivity index (χ0v) is 11.4. The van der Waals surface area contributed by atoms with Crippen LogP contribution < -0.4 is 10.6 Å². The van der Waals surface area contributed by atoms with Gasteiger partial charge in [-0.1, -0.05) is 23.5 Å². The highest BCUT2D eigenvalue weighted by Gasteiger charge is 2.14. The summed E-state index contributed by atoms with van der Waals surface area (Å²) < 4.78 is 0. The van der Waals surface area contributed by atoms with Crippen LogP contribution in [0.1, 0.15) is 12.8 Å². The summed E-state index contributed by atoms with van der Waals surface area (Å²) in [5, 5.41) is 6.70. The van der Waals surface area contributed by atoms with Gasteiger partial charge >= 0.3 is 0 Å². The highest BCUT2D eigenvalue weighted by atomic mass is 32.2. The van der Waals surface area contributed by atoms with Crippen molar-refractivity contribution in [2.24, 2.45) is 9.98 Å². The zero-order valence-electron chi connectivity index (χ0n) is 9.77. The van der Waals surface area contributed by atoms with Crippen molar-refractivity contribution >= 4 is 45.7 Å². The van der Waals surface area contributed by atoms with Crippen LogP contribution in [0.4, 0.5) is 0 Å². The van der Waals surface area contributed by atoms with E-state index in [0.717, 1.165) is 24.6 Å². The number of nitrogens with zero attached hydrogens (tertiary/aromatic N) is 2. The van der Waals surface area contributed by atoms with Crippen LogP contribution in [0.25, 0.3) is 0 Å². The minimum atomic E-state index is -0.167. The van der Waals surface area contributed by atoms with Crippen molar-refractivity contribution in [3.05, 3.63) is 0 Å². The van der Waals surface area contributed by atoms with Crippen LogP contribution >= 0.6 is 23.5 Å². The third-order valence-electron chi connectivity index (χ3n) is 2.24. The van der Waals surface area contributed by atoms with Crippen LogP contribution in [0.15, 0.2) is 9.98 Å². The van der Waals surface area contributed by atoms with Crippen molar-refractivity contribution in [3.63, 3.8) is 0 Å². The molecule has 2 aliphatic rings. The molecule has 0 aromatic carbocycles. The molecular weight excluding hydrogens is 272 g/mol. The summed E-state index contributed by atoms with van der Waals surface area (Å²) in [5.74, 6) is 1.49. The maximum absolute atomic E-state index is 11.5. The third kappa shape index (κ3) is 4.34. The quantitative estimate of drug-likeness (QED) is 0.776. The molecule has 0 atom stereocenters. The highest BCUT2D eigenvalue weighted by Crippen LogP contribution is 2.10. The van der Waals surface area contributed by atoms with Gasteiger partial charge in [0, 0.05) is 24.3 Å². The first-order valence-electron chi connectivity index (χ1n) is 5.68. The van der Waals surface area contributed by atoms with E-state index in [1.165, 1.54) is 23.5 Å². The van der Waals surface area contributed by atoms with Gasteiger partial charge < -0.3 is 10.6 Å². The summed E-state index contributed by atoms with van der Waals surface area (Å²) in [6.45, 7) is 1.50. The number of carbonyl (C=O) groups excluding carboxylic acids is 2. The van der Waals surface area contributed by atoms with Crippen LogP contribution in [0.2, 0.25) is 0 Å². The summed E-state index contributed by atoms with van der Waals surface area (Å²) in [5.41, 5.74) is 0. The summed E-state index contributed by atoms with van der Waals surface area (Å²) in [6, 6.07) is 0. The number of aliphatic imine (C=N–C) groups is 2. The van der Waals surface area contributed by atoms with Gasteiger partial charge in [0.2, 0.25) is 11.8 Å². The van der Waals surface area contributed by atoms with E-state index in [0.29, 0.717) is 10.3 Å². The summed E-state index contributed by atoms with van der Waals surface area (Å²) >= 11 is 3.05. The van der Waals surface area contributed by atoms with E-state index >= 15 is 0 Å². The Bertz CT molecular complexity index is 371. The number of thioether (sulfide) groups is 2. The molecule has 98 valence electrons. The topological polar surface area (TPSA) is 82.9 Å². The number of amidine groups is 2. The molecule has 0 saturated carbocycles. The van der Waals surface area contributed by atoms with E-state index in [4.69, 9.17) is 0 Å². The van der Waals surface area contributed by atoms with Gasteiger partial charge in [-0.15, -0.1) is 0 Å². The maximum Gasteiger partial charge on any atom is 0.226 e. The van der Waals surface area contributed by atoms with Crippen molar-refractivity contribution in [1.82, 2.24) is 10.6 Å². The van der Waals surface area contributed by atoms with Gasteiger partial charge in [0.15, 0.2) is 10.3 Å². The van der Waals surface area contributed by atoms with Crippen LogP contribution in [0.3, 0.4) is 0 Å². The second-order valence-electron chi connectivity index (χ2n) is 3.67. The molecule has 0 bridgehead atoms. The van der Waals surface area contributed by atoms with Crippen molar-refractivity contribution in [2.75, 3.05) is 24.6 Å². The normalized spacial score (nSPS) is 18.2. The molecule has 0 spiro atoms. The molecule has 2 aliphatic heterocycles. The van der Waals surface area contributed by atoms with Crippen LogP contribution in [0, 0.1) is 0 Å². The Balaban J connectivity index is 1.64. The predicted octanol–water partition coefficient (Wildman–Crippen LogP) is 0.205. The number of rotatable bonds is 3. The Morgan fingerprint density at radius 1 is 0.944 bits per heavy atom. The van der Waals surface area contributed by atoms with E-state index in [9.17, 15) is 9.59 Å². The zero-order chi connectivity index (χ0) is 12.8. The van der Waals surface area contributed by atoms with Crippen molar-refractivity contribution in [2.45, 2.75) is 12.8 Å². The lowest BCUT2D eigenvalue weighted by Crippen LogP contribution is -2.31. The van der Waals surface area contributed by atoms with Gasteiger partial charge in [-0.05, 0) is 0 Å². The molecule has 18 heavy (non-hydrogen) atoms. The molecule has 0 unspecified atom stereocenters. The lowest BCUT2D eigenvalue weighted by Gasteiger charge is -2.05. The molecule has 0 radical (unpaired) electrons. The molecule has 6 nitrogen and oxygen atoms in total. The lowest BCUT2D eigenvalue weighted by atomic mass is 10.3. The first kappa shape index (κ1) is 13.4. The van der Waals surface area contributed by atoms with Crippen molar-refractivity contribution in [1.29, 1.82) is 0 Å². The number of hydrogen-bond acceptors (Lipinski definition) is 6. The van der Waals surface area contributed by atoms with Gasteiger partial charge in [-0.2, -0.15) is 0 Å². The molecule has 0 aliphatic carbocycles. The van der Waals surface area contributed by atoms with Gasteiger partial charge in [0.25, 0.3) is 0 Å². The molecular formula is C10H14N4O2S2. The van der Waals surface area contributed by atoms with Gasteiger partial charge in [0.1, 0.15) is 0 Å². The second kappa shape index (κ2) is 6.79. The van der Waals surface area contributed by atoms with E-state index in [2.05, 4.69) is 20.6 Å². The minimum absolute atomic E-state index is 0.167. The second-order valence-corrected chi connectivity index (χ2v) is 5.83. The Labute approximate surface area is 113 Å². The minimum Gasteiger partial charge on any atom is -0.305 e. The lowest BCUT2D eigenvalue weighted by molar-refractivity contribution is -0.124. The Hall–Kier alpha value is -1.02. The molecule has 2 N–H and O–H groups in total. The summed E-state index contributed by atoms with van der Waals surface area (Å²) in [4.78, 5) is 31.3. The summed E-state index contributed by atoms with van der Waals surface area (Å²) in [7, 11) is 0. The highest BCUT2D eigenvalue weighted by molar-refractivity contribution is 8.14. The number of hydrogen-bond donors (Lipinski definition) is 2. The van der Waals surface area contributed by atoms with Crippen molar-refractivity contribution in [3.8, 4) is 0 Å². The molecule has 8 heteroatoms. The average molecular weight is 286 g/mol. The fourth-order valence-corrected chi connectivity index (χ4v) is 2.90. The van der Waals surface area contributed by atoms with Crippen LogP contribution in [-0.2, 0) is 9.59 Å². The van der Waals surface area contributed by atoms with E-state index in [1.807, 2.05) is 0 Å². The smallest absolute Gasteiger partial charge is 0.226 e. The predicted molar refractivity (Wildman–Crippen MR) is 75.0 cm³/mol. The van der Waals surface area contributed by atoms with Gasteiger partial charge in [0.05, 0.1) is 13.1 Å². The Kier molecular flexibility index (Phi) is 5.06. The molecule has 2 heterocycles. The number of nitrogens with one attached hydrogen (secondary N) is 2. The Morgan fingerprint density at radius 2 is 1.39 bits per heavy atom. The van der Waals surface area contributed by atoms with Crippen molar-refractivity contribution < 1.29 is 9.59 Å². The van der Waals surface area contributed by atoms with E-state index < -0.39 is 0 Å². The van der Waals surface area contributed by atoms with Crippen LogP contribution in [-0.4, -0.2) is 46.7 Å². The largest absolute Gasteiger partial charge is 0.305 e. The fraction of sp³-hybridized carbons (Fsp3) is 0.600.